The van der Waals surface area contributed by atoms with E-state index < -0.39 is 6.61 Å². The first-order valence-corrected chi connectivity index (χ1v) is 7.13. The number of amides is 1. The predicted molar refractivity (Wildman–Crippen MR) is 82.4 cm³/mol. The number of halogens is 3. The SMILES string of the molecule is Cl.NCC1CCCN1C(=O)CCc1ccc(OC(F)F)cc1. The van der Waals surface area contributed by atoms with E-state index in [9.17, 15) is 13.6 Å². The highest BCUT2D eigenvalue weighted by atomic mass is 35.5. The Morgan fingerprint density at radius 1 is 1.36 bits per heavy atom. The third kappa shape index (κ3) is 5.10. The zero-order valence-corrected chi connectivity index (χ0v) is 13.0. The molecular weight excluding hydrogens is 314 g/mol. The maximum atomic E-state index is 12.1. The summed E-state index contributed by atoms with van der Waals surface area (Å²) in [6.07, 6.45) is 2.97. The maximum absolute atomic E-state index is 12.1. The molecule has 1 atom stereocenters. The first kappa shape index (κ1) is 18.6. The van der Waals surface area contributed by atoms with Crippen LogP contribution in [0.2, 0.25) is 0 Å². The lowest BCUT2D eigenvalue weighted by Gasteiger charge is -2.23. The second kappa shape index (κ2) is 8.90. The molecule has 1 aliphatic rings. The molecular formula is C15H21ClF2N2O2. The van der Waals surface area contributed by atoms with Crippen LogP contribution in [-0.2, 0) is 11.2 Å². The second-order valence-electron chi connectivity index (χ2n) is 5.14. The Balaban J connectivity index is 0.00000242. The van der Waals surface area contributed by atoms with Crippen molar-refractivity contribution in [1.82, 2.24) is 4.90 Å². The van der Waals surface area contributed by atoms with Gasteiger partial charge in [0.2, 0.25) is 5.91 Å². The molecule has 0 spiro atoms. The van der Waals surface area contributed by atoms with E-state index in [1.165, 1.54) is 12.1 Å². The van der Waals surface area contributed by atoms with Gasteiger partial charge < -0.3 is 15.4 Å². The summed E-state index contributed by atoms with van der Waals surface area (Å²) in [5.74, 6) is 0.235. The summed E-state index contributed by atoms with van der Waals surface area (Å²) in [6, 6.07) is 6.55. The van der Waals surface area contributed by atoms with Gasteiger partial charge in [-0.2, -0.15) is 8.78 Å². The molecule has 1 heterocycles. The molecule has 0 bridgehead atoms. The van der Waals surface area contributed by atoms with Gasteiger partial charge in [-0.1, -0.05) is 12.1 Å². The summed E-state index contributed by atoms with van der Waals surface area (Å²) in [6.45, 7) is -1.53. The molecule has 0 radical (unpaired) electrons. The van der Waals surface area contributed by atoms with Crippen LogP contribution in [0.25, 0.3) is 0 Å². The van der Waals surface area contributed by atoms with Crippen molar-refractivity contribution in [2.45, 2.75) is 38.3 Å². The van der Waals surface area contributed by atoms with E-state index in [2.05, 4.69) is 4.74 Å². The van der Waals surface area contributed by atoms with E-state index >= 15 is 0 Å². The van der Waals surface area contributed by atoms with Gasteiger partial charge in [0.25, 0.3) is 0 Å². The van der Waals surface area contributed by atoms with Gasteiger partial charge in [-0.3, -0.25) is 4.79 Å². The minimum atomic E-state index is -2.82. The highest BCUT2D eigenvalue weighted by molar-refractivity contribution is 5.85. The maximum Gasteiger partial charge on any atom is 0.387 e. The van der Waals surface area contributed by atoms with E-state index in [1.54, 1.807) is 12.1 Å². The number of nitrogens with two attached hydrogens (primary N) is 1. The number of carbonyl (C=O) groups is 1. The van der Waals surface area contributed by atoms with E-state index in [0.29, 0.717) is 19.4 Å². The summed E-state index contributed by atoms with van der Waals surface area (Å²) in [4.78, 5) is 14.0. The van der Waals surface area contributed by atoms with Gasteiger partial charge in [0, 0.05) is 25.6 Å². The zero-order valence-electron chi connectivity index (χ0n) is 12.2. The van der Waals surface area contributed by atoms with Crippen molar-refractivity contribution in [3.8, 4) is 5.75 Å². The van der Waals surface area contributed by atoms with Crippen molar-refractivity contribution in [3.05, 3.63) is 29.8 Å². The standard InChI is InChI=1S/C15H20F2N2O2.ClH/c16-15(17)21-13-6-3-11(4-7-13)5-8-14(20)19-9-1-2-12(19)10-18;/h3-4,6-7,12,15H,1-2,5,8-10,18H2;1H. The lowest BCUT2D eigenvalue weighted by atomic mass is 10.1. The van der Waals surface area contributed by atoms with Crippen molar-refractivity contribution in [2.24, 2.45) is 5.73 Å². The van der Waals surface area contributed by atoms with Crippen molar-refractivity contribution in [3.63, 3.8) is 0 Å². The fraction of sp³-hybridized carbons (Fsp3) is 0.533. The van der Waals surface area contributed by atoms with Gasteiger partial charge in [0.05, 0.1) is 0 Å². The molecule has 7 heteroatoms. The van der Waals surface area contributed by atoms with Gasteiger partial charge >= 0.3 is 6.61 Å². The number of ether oxygens (including phenoxy) is 1. The van der Waals surface area contributed by atoms with Gasteiger partial charge in [0.1, 0.15) is 5.75 Å². The first-order chi connectivity index (χ1) is 10.1. The van der Waals surface area contributed by atoms with Crippen LogP contribution in [0, 0.1) is 0 Å². The van der Waals surface area contributed by atoms with E-state index in [0.717, 1.165) is 24.9 Å². The summed E-state index contributed by atoms with van der Waals surface area (Å²) in [7, 11) is 0. The lowest BCUT2D eigenvalue weighted by molar-refractivity contribution is -0.131. The largest absolute Gasteiger partial charge is 0.435 e. The predicted octanol–water partition coefficient (Wildman–Crippen LogP) is 2.59. The average molecular weight is 335 g/mol. The molecule has 0 aliphatic carbocycles. The summed E-state index contributed by atoms with van der Waals surface area (Å²) in [5, 5.41) is 0. The fourth-order valence-corrected chi connectivity index (χ4v) is 2.64. The monoisotopic (exact) mass is 334 g/mol. The third-order valence-corrected chi connectivity index (χ3v) is 3.75. The van der Waals surface area contributed by atoms with Crippen LogP contribution in [0.5, 0.6) is 5.75 Å². The smallest absolute Gasteiger partial charge is 0.387 e. The Labute approximate surface area is 135 Å². The van der Waals surface area contributed by atoms with Gasteiger partial charge in [-0.15, -0.1) is 12.4 Å². The van der Waals surface area contributed by atoms with Crippen LogP contribution in [-0.4, -0.2) is 36.5 Å². The third-order valence-electron chi connectivity index (χ3n) is 3.75. The van der Waals surface area contributed by atoms with E-state index in [1.807, 2.05) is 4.90 Å². The van der Waals surface area contributed by atoms with Crippen LogP contribution >= 0.6 is 12.4 Å². The molecule has 2 rings (SSSR count). The molecule has 1 amide bonds. The van der Waals surface area contributed by atoms with Crippen molar-refractivity contribution >= 4 is 18.3 Å². The van der Waals surface area contributed by atoms with Crippen LogP contribution in [0.1, 0.15) is 24.8 Å². The molecule has 1 aromatic rings. The number of carbonyl (C=O) groups excluding carboxylic acids is 1. The number of hydrogen-bond acceptors (Lipinski definition) is 3. The fourth-order valence-electron chi connectivity index (χ4n) is 2.64. The molecule has 4 nitrogen and oxygen atoms in total. The Kier molecular flexibility index (Phi) is 7.55. The molecule has 1 saturated heterocycles. The number of aryl methyl sites for hydroxylation is 1. The quantitative estimate of drug-likeness (QED) is 0.870. The number of rotatable bonds is 6. The number of benzene rings is 1. The van der Waals surface area contributed by atoms with Crippen LogP contribution < -0.4 is 10.5 Å². The Hall–Kier alpha value is -1.40. The van der Waals surface area contributed by atoms with Crippen molar-refractivity contribution in [2.75, 3.05) is 13.1 Å². The number of likely N-dealkylation sites (tertiary alicyclic amines) is 1. The lowest BCUT2D eigenvalue weighted by Crippen LogP contribution is -2.39. The van der Waals surface area contributed by atoms with Crippen LogP contribution in [0.4, 0.5) is 8.78 Å². The molecule has 2 N–H and O–H groups in total. The van der Waals surface area contributed by atoms with Gasteiger partial charge in [-0.25, -0.2) is 0 Å². The van der Waals surface area contributed by atoms with Crippen LogP contribution in [0.3, 0.4) is 0 Å². The van der Waals surface area contributed by atoms with E-state index in [4.69, 9.17) is 5.73 Å². The highest BCUT2D eigenvalue weighted by Gasteiger charge is 2.26. The normalized spacial score (nSPS) is 17.5. The molecule has 22 heavy (non-hydrogen) atoms. The molecule has 1 aliphatic heterocycles. The summed E-state index contributed by atoms with van der Waals surface area (Å²) < 4.78 is 28.4. The minimum absolute atomic E-state index is 0. The van der Waals surface area contributed by atoms with Crippen molar-refractivity contribution in [1.29, 1.82) is 0 Å². The topological polar surface area (TPSA) is 55.6 Å². The van der Waals surface area contributed by atoms with E-state index in [-0.39, 0.29) is 30.1 Å². The average Bonchev–Trinajstić information content (AvgIpc) is 2.94. The van der Waals surface area contributed by atoms with Gasteiger partial charge in [-0.05, 0) is 37.0 Å². The van der Waals surface area contributed by atoms with Crippen LogP contribution in [0.15, 0.2) is 24.3 Å². The number of nitrogens with zero attached hydrogens (tertiary/aromatic N) is 1. The van der Waals surface area contributed by atoms with Crippen molar-refractivity contribution < 1.29 is 18.3 Å². The number of alkyl halides is 2. The minimum Gasteiger partial charge on any atom is -0.435 e. The summed E-state index contributed by atoms with van der Waals surface area (Å²) >= 11 is 0. The van der Waals surface area contributed by atoms with Gasteiger partial charge in [0.15, 0.2) is 0 Å². The molecule has 1 unspecified atom stereocenters. The molecule has 124 valence electrons. The molecule has 0 aromatic heterocycles. The zero-order chi connectivity index (χ0) is 15.2. The Morgan fingerprint density at radius 3 is 2.64 bits per heavy atom. The second-order valence-corrected chi connectivity index (χ2v) is 5.14. The highest BCUT2D eigenvalue weighted by Crippen LogP contribution is 2.19. The molecule has 1 fully saturated rings. The number of hydrogen-bond donors (Lipinski definition) is 1. The Morgan fingerprint density at radius 2 is 2.05 bits per heavy atom. The Bertz CT molecular complexity index is 471. The first-order valence-electron chi connectivity index (χ1n) is 7.13. The molecule has 1 aromatic carbocycles. The molecule has 0 saturated carbocycles. The summed E-state index contributed by atoms with van der Waals surface area (Å²) in [5.41, 5.74) is 6.58.